The van der Waals surface area contributed by atoms with E-state index in [1.54, 1.807) is 13.3 Å². The third-order valence-corrected chi connectivity index (χ3v) is 6.07. The Hall–Kier alpha value is -2.86. The van der Waals surface area contributed by atoms with Crippen LogP contribution in [-0.2, 0) is 0 Å². The number of hydrogen-bond acceptors (Lipinski definition) is 5. The quantitative estimate of drug-likeness (QED) is 0.525. The minimum atomic E-state index is 0. The van der Waals surface area contributed by atoms with Crippen LogP contribution in [0.15, 0.2) is 36.5 Å². The van der Waals surface area contributed by atoms with Gasteiger partial charge in [-0.1, -0.05) is 13.0 Å². The monoisotopic (exact) mass is 454 g/mol. The lowest BCUT2D eigenvalue weighted by molar-refractivity contribution is 0.0609. The summed E-state index contributed by atoms with van der Waals surface area (Å²) in [6.45, 7) is 6.91. The minimum Gasteiger partial charge on any atom is -0.495 e. The average molecular weight is 455 g/mol. The molecule has 1 amide bonds. The summed E-state index contributed by atoms with van der Waals surface area (Å²) in [7, 11) is 1.65. The molecule has 0 bridgehead atoms. The SMILES string of the molecule is CCC1CCCCN1C(=O)c1cnc2nc(C)ccc2c1Nc1cc(C)ccc1OC.Cl. The zero-order valence-corrected chi connectivity index (χ0v) is 20.0. The molecule has 0 saturated carbocycles. The Bertz CT molecular complexity index is 1120. The Balaban J connectivity index is 0.00000289. The number of amides is 1. The van der Waals surface area contributed by atoms with Crippen molar-refractivity contribution < 1.29 is 9.53 Å². The molecule has 1 fully saturated rings. The molecule has 6 nitrogen and oxygen atoms in total. The number of anilines is 2. The first kappa shape index (κ1) is 23.8. The van der Waals surface area contributed by atoms with Crippen LogP contribution in [0.1, 0.15) is 54.2 Å². The number of ether oxygens (including phenoxy) is 1. The third-order valence-electron chi connectivity index (χ3n) is 6.07. The molecular formula is C25H31ClN4O2. The first-order valence-corrected chi connectivity index (χ1v) is 11.0. The zero-order valence-electron chi connectivity index (χ0n) is 19.1. The molecule has 3 aromatic rings. The Morgan fingerprint density at radius 3 is 2.78 bits per heavy atom. The van der Waals surface area contributed by atoms with Crippen LogP contribution in [-0.4, -0.2) is 40.5 Å². The molecule has 0 aliphatic carbocycles. The molecule has 1 aliphatic rings. The number of carbonyl (C=O) groups is 1. The van der Waals surface area contributed by atoms with E-state index in [2.05, 4.69) is 22.2 Å². The molecule has 1 unspecified atom stereocenters. The largest absolute Gasteiger partial charge is 0.495 e. The molecular weight excluding hydrogens is 424 g/mol. The molecule has 1 N–H and O–H groups in total. The molecule has 1 atom stereocenters. The molecule has 2 aromatic heterocycles. The maximum Gasteiger partial charge on any atom is 0.257 e. The summed E-state index contributed by atoms with van der Waals surface area (Å²) in [6.07, 6.45) is 5.90. The van der Waals surface area contributed by atoms with E-state index < -0.39 is 0 Å². The fraction of sp³-hybridized carbons (Fsp3) is 0.400. The van der Waals surface area contributed by atoms with Gasteiger partial charge in [0.15, 0.2) is 5.65 Å². The van der Waals surface area contributed by atoms with E-state index in [1.807, 2.05) is 49.1 Å². The van der Waals surface area contributed by atoms with E-state index >= 15 is 0 Å². The molecule has 1 saturated heterocycles. The number of halogens is 1. The number of hydrogen-bond donors (Lipinski definition) is 1. The third kappa shape index (κ3) is 4.65. The van der Waals surface area contributed by atoms with E-state index in [9.17, 15) is 4.79 Å². The van der Waals surface area contributed by atoms with Crippen molar-refractivity contribution in [3.8, 4) is 5.75 Å². The van der Waals surface area contributed by atoms with Crippen LogP contribution in [0.2, 0.25) is 0 Å². The summed E-state index contributed by atoms with van der Waals surface area (Å²) >= 11 is 0. The second kappa shape index (κ2) is 10.2. The van der Waals surface area contributed by atoms with E-state index in [-0.39, 0.29) is 24.4 Å². The highest BCUT2D eigenvalue weighted by Crippen LogP contribution is 2.35. The smallest absolute Gasteiger partial charge is 0.257 e. The van der Waals surface area contributed by atoms with Crippen LogP contribution in [0, 0.1) is 13.8 Å². The number of piperidine rings is 1. The summed E-state index contributed by atoms with van der Waals surface area (Å²) in [4.78, 5) is 24.8. The number of nitrogens with zero attached hydrogens (tertiary/aromatic N) is 3. The molecule has 4 rings (SSSR count). The lowest BCUT2D eigenvalue weighted by Gasteiger charge is -2.35. The van der Waals surface area contributed by atoms with Crippen LogP contribution in [0.25, 0.3) is 11.0 Å². The predicted molar refractivity (Wildman–Crippen MR) is 132 cm³/mol. The number of rotatable bonds is 5. The van der Waals surface area contributed by atoms with Crippen LogP contribution in [0.5, 0.6) is 5.75 Å². The van der Waals surface area contributed by atoms with Crippen LogP contribution < -0.4 is 10.1 Å². The second-order valence-corrected chi connectivity index (χ2v) is 8.26. The number of aromatic nitrogens is 2. The van der Waals surface area contributed by atoms with E-state index in [0.717, 1.165) is 59.6 Å². The molecule has 0 spiro atoms. The summed E-state index contributed by atoms with van der Waals surface area (Å²) in [6, 6.07) is 10.2. The van der Waals surface area contributed by atoms with Gasteiger partial charge in [0, 0.05) is 29.9 Å². The van der Waals surface area contributed by atoms with Gasteiger partial charge in [-0.2, -0.15) is 0 Å². The van der Waals surface area contributed by atoms with Gasteiger partial charge in [-0.15, -0.1) is 12.4 Å². The fourth-order valence-electron chi connectivity index (χ4n) is 4.37. The lowest BCUT2D eigenvalue weighted by Crippen LogP contribution is -2.43. The number of methoxy groups -OCH3 is 1. The molecule has 170 valence electrons. The molecule has 1 aliphatic heterocycles. The molecule has 7 heteroatoms. The number of pyridine rings is 2. The van der Waals surface area contributed by atoms with Crippen molar-refractivity contribution in [2.75, 3.05) is 19.0 Å². The van der Waals surface area contributed by atoms with Crippen LogP contribution in [0.4, 0.5) is 11.4 Å². The molecule has 32 heavy (non-hydrogen) atoms. The van der Waals surface area contributed by atoms with Crippen molar-refractivity contribution in [1.29, 1.82) is 0 Å². The number of carbonyl (C=O) groups excluding carboxylic acids is 1. The molecule has 0 radical (unpaired) electrons. The van der Waals surface area contributed by atoms with Gasteiger partial charge in [0.1, 0.15) is 5.75 Å². The maximum atomic E-state index is 13.7. The van der Waals surface area contributed by atoms with Crippen molar-refractivity contribution in [2.45, 2.75) is 52.5 Å². The van der Waals surface area contributed by atoms with Crippen molar-refractivity contribution in [3.63, 3.8) is 0 Å². The van der Waals surface area contributed by atoms with Crippen molar-refractivity contribution >= 4 is 40.7 Å². The number of aryl methyl sites for hydroxylation is 2. The summed E-state index contributed by atoms with van der Waals surface area (Å²) in [5, 5.41) is 4.32. The van der Waals surface area contributed by atoms with Crippen LogP contribution >= 0.6 is 12.4 Å². The highest BCUT2D eigenvalue weighted by atomic mass is 35.5. The summed E-state index contributed by atoms with van der Waals surface area (Å²) < 4.78 is 5.57. The topological polar surface area (TPSA) is 67.4 Å². The van der Waals surface area contributed by atoms with Gasteiger partial charge in [-0.25, -0.2) is 9.97 Å². The normalized spacial score (nSPS) is 15.9. The van der Waals surface area contributed by atoms with Gasteiger partial charge in [-0.05, 0) is 69.4 Å². The average Bonchev–Trinajstić information content (AvgIpc) is 2.78. The van der Waals surface area contributed by atoms with Gasteiger partial charge in [0.2, 0.25) is 0 Å². The summed E-state index contributed by atoms with van der Waals surface area (Å²) in [5.74, 6) is 0.745. The first-order chi connectivity index (χ1) is 15.0. The minimum absolute atomic E-state index is 0. The highest BCUT2D eigenvalue weighted by Gasteiger charge is 2.29. The molecule has 3 heterocycles. The fourth-order valence-corrected chi connectivity index (χ4v) is 4.37. The van der Waals surface area contributed by atoms with Crippen LogP contribution in [0.3, 0.4) is 0 Å². The van der Waals surface area contributed by atoms with Crippen molar-refractivity contribution in [1.82, 2.24) is 14.9 Å². The number of fused-ring (bicyclic) bond motifs is 1. The second-order valence-electron chi connectivity index (χ2n) is 8.26. The summed E-state index contributed by atoms with van der Waals surface area (Å²) in [5.41, 5.74) is 4.73. The lowest BCUT2D eigenvalue weighted by atomic mass is 9.98. The van der Waals surface area contributed by atoms with E-state index in [4.69, 9.17) is 4.74 Å². The predicted octanol–water partition coefficient (Wildman–Crippen LogP) is 5.83. The van der Waals surface area contributed by atoms with E-state index in [0.29, 0.717) is 11.2 Å². The van der Waals surface area contributed by atoms with Gasteiger partial charge < -0.3 is 15.0 Å². The number of benzene rings is 1. The van der Waals surface area contributed by atoms with E-state index in [1.165, 1.54) is 6.42 Å². The Morgan fingerprint density at radius 2 is 2.03 bits per heavy atom. The molecule has 1 aromatic carbocycles. The maximum absolute atomic E-state index is 13.7. The van der Waals surface area contributed by atoms with Gasteiger partial charge in [-0.3, -0.25) is 4.79 Å². The van der Waals surface area contributed by atoms with Gasteiger partial charge in [0.05, 0.1) is 24.0 Å². The number of nitrogens with one attached hydrogen (secondary N) is 1. The number of likely N-dealkylation sites (tertiary alicyclic amines) is 1. The Morgan fingerprint density at radius 1 is 1.22 bits per heavy atom. The standard InChI is InChI=1S/C25H30N4O2.ClH/c1-5-18-8-6-7-13-29(18)25(30)20-15-26-24-19(11-10-17(3)27-24)23(20)28-21-14-16(2)9-12-22(21)31-4;/h9-12,14-15,18H,5-8,13H2,1-4H3,(H,26,27,28);1H. The van der Waals surface area contributed by atoms with Gasteiger partial charge >= 0.3 is 0 Å². The highest BCUT2D eigenvalue weighted by molar-refractivity contribution is 6.07. The van der Waals surface area contributed by atoms with Crippen molar-refractivity contribution in [3.05, 3.63) is 53.3 Å². The first-order valence-electron chi connectivity index (χ1n) is 11.0. The Kier molecular flexibility index (Phi) is 7.56. The van der Waals surface area contributed by atoms with Crippen molar-refractivity contribution in [2.24, 2.45) is 0 Å². The van der Waals surface area contributed by atoms with Gasteiger partial charge in [0.25, 0.3) is 5.91 Å². The Labute approximate surface area is 195 Å². The zero-order chi connectivity index (χ0) is 22.0.